The third-order valence-electron chi connectivity index (χ3n) is 8.11. The summed E-state index contributed by atoms with van der Waals surface area (Å²) < 4.78 is 25.8. The minimum Gasteiger partial charge on any atom is -0.480 e. The average molecular weight is 653 g/mol. The zero-order valence-corrected chi connectivity index (χ0v) is 26.9. The van der Waals surface area contributed by atoms with E-state index in [1.165, 1.54) is 19.1 Å². The highest BCUT2D eigenvalue weighted by Crippen LogP contribution is 2.27. The number of carbonyl (C=O) groups is 3. The predicted molar refractivity (Wildman–Crippen MR) is 166 cm³/mol. The van der Waals surface area contributed by atoms with Crippen molar-refractivity contribution in [3.05, 3.63) is 29.8 Å². The number of carboxylic acid groups (broad SMARTS) is 1. The van der Waals surface area contributed by atoms with Crippen LogP contribution < -0.4 is 20.8 Å². The van der Waals surface area contributed by atoms with E-state index in [2.05, 4.69) is 20.8 Å². The lowest BCUT2D eigenvalue weighted by Gasteiger charge is -2.28. The van der Waals surface area contributed by atoms with Crippen LogP contribution in [0.3, 0.4) is 0 Å². The molecule has 5 N–H and O–H groups in total. The van der Waals surface area contributed by atoms with Crippen LogP contribution in [0.5, 0.6) is 0 Å². The Morgan fingerprint density at radius 2 is 1.40 bits per heavy atom. The number of rotatable bonds is 14. The Balaban J connectivity index is 0.00000441. The zero-order chi connectivity index (χ0) is 29.1. The second kappa shape index (κ2) is 18.6. The third kappa shape index (κ3) is 12.0. The Hall–Kier alpha value is -1.96. The van der Waals surface area contributed by atoms with Crippen LogP contribution in [0.2, 0.25) is 0 Å². The minimum atomic E-state index is -4.23. The first kappa shape index (κ1) is 38.1. The summed E-state index contributed by atoms with van der Waals surface area (Å²) in [5.74, 6) is -1.60. The van der Waals surface area contributed by atoms with E-state index < -0.39 is 34.5 Å². The van der Waals surface area contributed by atoms with E-state index in [1.807, 2.05) is 0 Å². The van der Waals surface area contributed by atoms with Crippen LogP contribution in [-0.2, 0) is 24.4 Å². The SMILES string of the molecule is Cc1ccc(S(=O)(=O)NN(C(=O)CNC(=O)C(CCC2CCNCC2)CCC2CCNCC2)C(C)C(=O)O)cc1.Cl.Cl. The highest BCUT2D eigenvalue weighted by Gasteiger charge is 2.31. The molecule has 1 aromatic rings. The van der Waals surface area contributed by atoms with Crippen LogP contribution >= 0.6 is 24.8 Å². The molecule has 2 saturated heterocycles. The van der Waals surface area contributed by atoms with Crippen molar-refractivity contribution in [1.82, 2.24) is 25.8 Å². The Kier molecular flexibility index (Phi) is 16.9. The Morgan fingerprint density at radius 3 is 1.86 bits per heavy atom. The molecule has 2 aliphatic heterocycles. The number of nitrogens with one attached hydrogen (secondary N) is 4. The fraction of sp³-hybridized carbons (Fsp3) is 0.679. The van der Waals surface area contributed by atoms with Crippen LogP contribution in [-0.4, -0.2) is 75.1 Å². The second-order valence-corrected chi connectivity index (χ2v) is 12.8. The molecule has 2 fully saturated rings. The van der Waals surface area contributed by atoms with Crippen molar-refractivity contribution in [2.24, 2.45) is 17.8 Å². The number of amides is 2. The Bertz CT molecular complexity index is 1070. The van der Waals surface area contributed by atoms with E-state index in [1.54, 1.807) is 19.1 Å². The molecule has 11 nitrogen and oxygen atoms in total. The van der Waals surface area contributed by atoms with Gasteiger partial charge in [0.15, 0.2) is 0 Å². The molecular weight excluding hydrogens is 605 g/mol. The lowest BCUT2D eigenvalue weighted by molar-refractivity contribution is -0.150. The molecule has 2 heterocycles. The number of sulfonamides is 1. The van der Waals surface area contributed by atoms with Crippen molar-refractivity contribution in [3.63, 3.8) is 0 Å². The summed E-state index contributed by atoms with van der Waals surface area (Å²) in [6.45, 7) is 6.45. The summed E-state index contributed by atoms with van der Waals surface area (Å²) in [6.07, 6.45) is 7.69. The largest absolute Gasteiger partial charge is 0.480 e. The molecule has 1 atom stereocenters. The summed E-state index contributed by atoms with van der Waals surface area (Å²) in [5, 5.41) is 19.5. The minimum absolute atomic E-state index is 0. The highest BCUT2D eigenvalue weighted by molar-refractivity contribution is 7.89. The third-order valence-corrected chi connectivity index (χ3v) is 9.44. The molecule has 0 spiro atoms. The fourth-order valence-corrected chi connectivity index (χ4v) is 6.49. The average Bonchev–Trinajstić information content (AvgIpc) is 2.95. The van der Waals surface area contributed by atoms with Crippen LogP contribution in [0.25, 0.3) is 0 Å². The first-order chi connectivity index (χ1) is 19.1. The number of hydrazine groups is 1. The number of aliphatic carboxylic acids is 1. The first-order valence-electron chi connectivity index (χ1n) is 14.4. The maximum absolute atomic E-state index is 13.3. The number of hydrogen-bond acceptors (Lipinski definition) is 7. The number of aryl methyl sites for hydroxylation is 1. The topological polar surface area (TPSA) is 157 Å². The molecule has 0 aliphatic carbocycles. The molecule has 1 aromatic carbocycles. The zero-order valence-electron chi connectivity index (χ0n) is 24.5. The summed E-state index contributed by atoms with van der Waals surface area (Å²) in [4.78, 5) is 40.1. The van der Waals surface area contributed by atoms with Crippen LogP contribution in [0.4, 0.5) is 0 Å². The standard InChI is InChI=1S/C28H45N5O6S.2ClH/c1-20-3-9-25(10-4-20)40(38,39)32-33(21(2)28(36)37)26(34)19-31-27(35)24(7-5-22-11-15-29-16-12-22)8-6-23-13-17-30-18-14-23;;/h3-4,9-10,21-24,29-30,32H,5-8,11-19H2,1-2H3,(H,31,35)(H,36,37);2*1H. The fourth-order valence-electron chi connectivity index (χ4n) is 5.37. The summed E-state index contributed by atoms with van der Waals surface area (Å²) in [6, 6.07) is 4.48. The van der Waals surface area contributed by atoms with Gasteiger partial charge in [-0.2, -0.15) is 0 Å². The van der Waals surface area contributed by atoms with Crippen LogP contribution in [0, 0.1) is 24.7 Å². The number of benzene rings is 1. The number of carboxylic acids is 1. The van der Waals surface area contributed by atoms with Crippen molar-refractivity contribution in [1.29, 1.82) is 0 Å². The molecule has 1 unspecified atom stereocenters. The van der Waals surface area contributed by atoms with Crippen molar-refractivity contribution in [2.75, 3.05) is 32.7 Å². The van der Waals surface area contributed by atoms with Crippen molar-refractivity contribution in [2.45, 2.75) is 76.2 Å². The lowest BCUT2D eigenvalue weighted by Crippen LogP contribution is -2.56. The van der Waals surface area contributed by atoms with Gasteiger partial charge in [0.25, 0.3) is 15.9 Å². The molecule has 42 heavy (non-hydrogen) atoms. The molecule has 240 valence electrons. The van der Waals surface area contributed by atoms with Crippen LogP contribution in [0.1, 0.15) is 63.9 Å². The molecule has 0 saturated carbocycles. The smallest absolute Gasteiger partial charge is 0.327 e. The molecule has 0 aromatic heterocycles. The number of hydrogen-bond donors (Lipinski definition) is 5. The van der Waals surface area contributed by atoms with Crippen LogP contribution in [0.15, 0.2) is 29.2 Å². The van der Waals surface area contributed by atoms with Gasteiger partial charge in [0.05, 0.1) is 11.4 Å². The van der Waals surface area contributed by atoms with Gasteiger partial charge in [0.1, 0.15) is 6.04 Å². The van der Waals surface area contributed by atoms with E-state index in [-0.39, 0.29) is 41.5 Å². The normalized spacial score (nSPS) is 17.0. The lowest BCUT2D eigenvalue weighted by atomic mass is 9.84. The van der Waals surface area contributed by atoms with Gasteiger partial charge in [0.2, 0.25) is 5.91 Å². The summed E-state index contributed by atoms with van der Waals surface area (Å²) in [7, 11) is -4.23. The maximum Gasteiger partial charge on any atom is 0.327 e. The number of carbonyl (C=O) groups excluding carboxylic acids is 2. The van der Waals surface area contributed by atoms with Gasteiger partial charge >= 0.3 is 5.97 Å². The molecule has 0 radical (unpaired) electrons. The van der Waals surface area contributed by atoms with Gasteiger partial charge in [-0.25, -0.2) is 18.2 Å². The van der Waals surface area contributed by atoms with Crippen molar-refractivity contribution >= 4 is 52.6 Å². The summed E-state index contributed by atoms with van der Waals surface area (Å²) in [5.41, 5.74) is 0.850. The molecule has 0 bridgehead atoms. The summed E-state index contributed by atoms with van der Waals surface area (Å²) >= 11 is 0. The van der Waals surface area contributed by atoms with E-state index in [9.17, 15) is 27.9 Å². The maximum atomic E-state index is 13.3. The van der Waals surface area contributed by atoms with Gasteiger partial charge in [-0.3, -0.25) is 9.59 Å². The van der Waals surface area contributed by atoms with Crippen molar-refractivity contribution in [3.8, 4) is 0 Å². The number of piperidine rings is 2. The Morgan fingerprint density at radius 1 is 0.929 bits per heavy atom. The van der Waals surface area contributed by atoms with E-state index >= 15 is 0 Å². The number of nitrogens with zero attached hydrogens (tertiary/aromatic N) is 1. The monoisotopic (exact) mass is 651 g/mol. The predicted octanol–water partition coefficient (Wildman–Crippen LogP) is 2.63. The highest BCUT2D eigenvalue weighted by atomic mass is 35.5. The molecule has 3 rings (SSSR count). The van der Waals surface area contributed by atoms with Gasteiger partial charge in [-0.15, -0.1) is 29.6 Å². The first-order valence-corrected chi connectivity index (χ1v) is 15.9. The van der Waals surface area contributed by atoms with Gasteiger partial charge < -0.3 is 21.1 Å². The van der Waals surface area contributed by atoms with E-state index in [0.717, 1.165) is 83.1 Å². The van der Waals surface area contributed by atoms with Crippen molar-refractivity contribution < 1.29 is 27.9 Å². The molecule has 14 heteroatoms. The second-order valence-electron chi connectivity index (χ2n) is 11.1. The van der Waals surface area contributed by atoms with E-state index in [0.29, 0.717) is 16.8 Å². The van der Waals surface area contributed by atoms with E-state index in [4.69, 9.17) is 0 Å². The van der Waals surface area contributed by atoms with Gasteiger partial charge in [-0.1, -0.05) is 17.7 Å². The Labute approximate surface area is 262 Å². The van der Waals surface area contributed by atoms with Gasteiger partial charge in [-0.05, 0) is 115 Å². The molecular formula is C28H47Cl2N5O6S. The molecule has 2 amide bonds. The number of halogens is 2. The molecule has 2 aliphatic rings. The van der Waals surface area contributed by atoms with Gasteiger partial charge in [0, 0.05) is 5.92 Å². The quantitative estimate of drug-likeness (QED) is 0.192.